The molecule has 0 aromatic rings. The van der Waals surface area contributed by atoms with Gasteiger partial charge in [0, 0.05) is 44.3 Å². The van der Waals surface area contributed by atoms with E-state index in [4.69, 9.17) is 10.5 Å². The highest BCUT2D eigenvalue weighted by Crippen LogP contribution is 2.16. The molecule has 0 saturated carbocycles. The van der Waals surface area contributed by atoms with Gasteiger partial charge >= 0.3 is 0 Å². The van der Waals surface area contributed by atoms with Crippen molar-refractivity contribution in [2.24, 2.45) is 16.1 Å². The maximum atomic E-state index is 11.7. The number of hydrogen-bond acceptors (Lipinski definition) is 6. The van der Waals surface area contributed by atoms with Crippen LogP contribution in [0.5, 0.6) is 0 Å². The highest BCUT2D eigenvalue weighted by molar-refractivity contribution is 5.98. The zero-order chi connectivity index (χ0) is 20.4. The minimum atomic E-state index is -1.01. The topological polar surface area (TPSA) is 101 Å². The number of nitrogens with two attached hydrogens (primary N) is 1. The number of carbonyl (C=O) groups excluding carboxylic acids is 1. The van der Waals surface area contributed by atoms with Gasteiger partial charge in [0.1, 0.15) is 11.3 Å². The molecule has 0 aliphatic carbocycles. The second-order valence-corrected chi connectivity index (χ2v) is 7.42. The van der Waals surface area contributed by atoms with E-state index in [1.165, 1.54) is 6.92 Å². The summed E-state index contributed by atoms with van der Waals surface area (Å²) in [5.74, 6) is 0.386. The van der Waals surface area contributed by atoms with Crippen molar-refractivity contribution in [3.63, 3.8) is 0 Å². The molecule has 7 nitrogen and oxygen atoms in total. The van der Waals surface area contributed by atoms with Crippen LogP contribution in [-0.4, -0.2) is 43.9 Å². The summed E-state index contributed by atoms with van der Waals surface area (Å²) in [6, 6.07) is 0. The van der Waals surface area contributed by atoms with Crippen molar-refractivity contribution in [1.82, 2.24) is 16.0 Å². The predicted octanol–water partition coefficient (Wildman–Crippen LogP) is 1.65. The second-order valence-electron chi connectivity index (χ2n) is 7.42. The number of ether oxygens (including phenoxy) is 1. The van der Waals surface area contributed by atoms with Gasteiger partial charge in [-0.25, -0.2) is 0 Å². The molecule has 0 radical (unpaired) electrons. The Hall–Kier alpha value is -2.28. The molecule has 0 saturated heterocycles. The van der Waals surface area contributed by atoms with Crippen LogP contribution in [0.25, 0.3) is 0 Å². The molecule has 148 valence electrons. The minimum absolute atomic E-state index is 0.0529. The Morgan fingerprint density at radius 1 is 1.27 bits per heavy atom. The van der Waals surface area contributed by atoms with Gasteiger partial charge in [-0.2, -0.15) is 0 Å². The maximum absolute atomic E-state index is 11.7. The van der Waals surface area contributed by atoms with Crippen molar-refractivity contribution in [3.05, 3.63) is 37.0 Å². The van der Waals surface area contributed by atoms with Gasteiger partial charge in [-0.05, 0) is 12.3 Å². The summed E-state index contributed by atoms with van der Waals surface area (Å²) in [5.41, 5.74) is 5.99. The number of nitrogens with one attached hydrogen (secondary N) is 3. The Balaban J connectivity index is 5.16. The van der Waals surface area contributed by atoms with Gasteiger partial charge in [0.15, 0.2) is 0 Å². The zero-order valence-electron chi connectivity index (χ0n) is 17.0. The van der Waals surface area contributed by atoms with E-state index in [2.05, 4.69) is 54.9 Å². The number of rotatable bonds is 11. The summed E-state index contributed by atoms with van der Waals surface area (Å²) in [7, 11) is 1.77. The maximum Gasteiger partial charge on any atom is 0.217 e. The standard InChI is InChI=1S/C19H35N5O2/c1-14(26-13-18(5,6)7)11-22-12-19(15(2)20,24-17(4)25)16(3)23-10-9-21-8/h9-10,21-22H,1-2,11-13,20H2,3-8H3,(H,24,25)/b10-9-,23-16?. The number of carbonyl (C=O) groups is 1. The first-order valence-electron chi connectivity index (χ1n) is 8.56. The fraction of sp³-hybridized carbons (Fsp3) is 0.579. The Morgan fingerprint density at radius 3 is 2.35 bits per heavy atom. The molecule has 5 N–H and O–H groups in total. The average molecular weight is 366 g/mol. The van der Waals surface area contributed by atoms with Crippen molar-refractivity contribution in [2.75, 3.05) is 26.7 Å². The molecule has 0 rings (SSSR count). The smallest absolute Gasteiger partial charge is 0.217 e. The molecule has 0 fully saturated rings. The number of nitrogens with zero attached hydrogens (tertiary/aromatic N) is 1. The van der Waals surface area contributed by atoms with E-state index in [1.54, 1.807) is 26.4 Å². The van der Waals surface area contributed by atoms with Gasteiger partial charge in [0.25, 0.3) is 0 Å². The molecule has 1 amide bonds. The molecule has 0 aliphatic rings. The third kappa shape index (κ3) is 8.71. The first-order valence-corrected chi connectivity index (χ1v) is 8.56. The highest BCUT2D eigenvalue weighted by Gasteiger charge is 2.36. The van der Waals surface area contributed by atoms with Crippen LogP contribution < -0.4 is 21.7 Å². The summed E-state index contributed by atoms with van der Waals surface area (Å²) in [6.45, 7) is 18.6. The van der Waals surface area contributed by atoms with Crippen molar-refractivity contribution in [2.45, 2.75) is 40.2 Å². The fourth-order valence-corrected chi connectivity index (χ4v) is 2.08. The second kappa shape index (κ2) is 10.7. The number of amides is 1. The molecule has 0 spiro atoms. The predicted molar refractivity (Wildman–Crippen MR) is 109 cm³/mol. The van der Waals surface area contributed by atoms with Gasteiger partial charge in [-0.1, -0.05) is 33.9 Å². The van der Waals surface area contributed by atoms with Crippen LogP contribution in [0.1, 0.15) is 34.6 Å². The highest BCUT2D eigenvalue weighted by atomic mass is 16.5. The number of hydrogen-bond donors (Lipinski definition) is 4. The molecular formula is C19H35N5O2. The monoisotopic (exact) mass is 365 g/mol. The largest absolute Gasteiger partial charge is 0.497 e. The van der Waals surface area contributed by atoms with E-state index in [1.807, 2.05) is 0 Å². The van der Waals surface area contributed by atoms with Gasteiger partial charge < -0.3 is 26.4 Å². The first-order chi connectivity index (χ1) is 11.9. The molecule has 26 heavy (non-hydrogen) atoms. The van der Waals surface area contributed by atoms with Gasteiger partial charge in [0.2, 0.25) is 5.91 Å². The third-order valence-corrected chi connectivity index (χ3v) is 3.49. The van der Waals surface area contributed by atoms with Crippen LogP contribution in [0, 0.1) is 5.41 Å². The van der Waals surface area contributed by atoms with Crippen LogP contribution in [-0.2, 0) is 9.53 Å². The lowest BCUT2D eigenvalue weighted by Gasteiger charge is -2.35. The number of aliphatic imine (C=N–C) groups is 1. The van der Waals surface area contributed by atoms with Gasteiger partial charge in [-0.3, -0.25) is 9.79 Å². The summed E-state index contributed by atoms with van der Waals surface area (Å²) in [6.07, 6.45) is 3.27. The Morgan fingerprint density at radius 2 is 1.88 bits per heavy atom. The Bertz CT molecular complexity index is 561. The van der Waals surface area contributed by atoms with Gasteiger partial charge in [0.05, 0.1) is 13.2 Å². The third-order valence-electron chi connectivity index (χ3n) is 3.49. The van der Waals surface area contributed by atoms with Crippen LogP contribution in [0.2, 0.25) is 0 Å². The van der Waals surface area contributed by atoms with Crippen molar-refractivity contribution >= 4 is 11.6 Å². The lowest BCUT2D eigenvalue weighted by atomic mass is 9.90. The van der Waals surface area contributed by atoms with Crippen molar-refractivity contribution in [3.8, 4) is 0 Å². The Kier molecular flexibility index (Phi) is 9.72. The molecule has 0 heterocycles. The molecule has 0 aliphatic heterocycles. The molecule has 1 unspecified atom stereocenters. The molecule has 0 aromatic carbocycles. The van der Waals surface area contributed by atoms with Crippen LogP contribution in [0.15, 0.2) is 42.0 Å². The summed E-state index contributed by atoms with van der Waals surface area (Å²) in [4.78, 5) is 16.1. The summed E-state index contributed by atoms with van der Waals surface area (Å²) >= 11 is 0. The Labute approximate surface area is 157 Å². The van der Waals surface area contributed by atoms with E-state index in [-0.39, 0.29) is 11.3 Å². The van der Waals surface area contributed by atoms with E-state index in [0.717, 1.165) is 0 Å². The van der Waals surface area contributed by atoms with Crippen molar-refractivity contribution < 1.29 is 9.53 Å². The molecule has 1 atom stereocenters. The van der Waals surface area contributed by atoms with E-state index < -0.39 is 5.54 Å². The molecule has 0 aromatic heterocycles. The van der Waals surface area contributed by atoms with Crippen molar-refractivity contribution in [1.29, 1.82) is 0 Å². The first kappa shape index (κ1) is 23.7. The zero-order valence-corrected chi connectivity index (χ0v) is 17.0. The summed E-state index contributed by atoms with van der Waals surface area (Å²) < 4.78 is 5.66. The van der Waals surface area contributed by atoms with Gasteiger partial charge in [-0.15, -0.1) is 0 Å². The van der Waals surface area contributed by atoms with E-state index >= 15 is 0 Å². The van der Waals surface area contributed by atoms with Crippen LogP contribution in [0.4, 0.5) is 0 Å². The lowest BCUT2D eigenvalue weighted by molar-refractivity contribution is -0.119. The SMILES string of the molecule is C=C(CNCC(NC(C)=O)(C(=C)N)C(C)=N/C=C\NC)OCC(C)(C)C. The molecular weight excluding hydrogens is 330 g/mol. The quantitative estimate of drug-likeness (QED) is 0.329. The molecule has 7 heteroatoms. The average Bonchev–Trinajstić information content (AvgIpc) is 2.50. The van der Waals surface area contributed by atoms with E-state index in [9.17, 15) is 4.79 Å². The van der Waals surface area contributed by atoms with E-state index in [0.29, 0.717) is 36.9 Å². The molecule has 0 bridgehead atoms. The normalized spacial score (nSPS) is 14.6. The summed E-state index contributed by atoms with van der Waals surface area (Å²) in [5, 5.41) is 8.94. The van der Waals surface area contributed by atoms with Crippen LogP contribution >= 0.6 is 0 Å². The lowest BCUT2D eigenvalue weighted by Crippen LogP contribution is -2.61. The van der Waals surface area contributed by atoms with Crippen LogP contribution in [0.3, 0.4) is 0 Å². The minimum Gasteiger partial charge on any atom is -0.497 e. The fourth-order valence-electron chi connectivity index (χ4n) is 2.08.